The smallest absolute Gasteiger partial charge is 0.334 e. The molecule has 3 aromatic rings. The van der Waals surface area contributed by atoms with E-state index in [9.17, 15) is 22.8 Å². The van der Waals surface area contributed by atoms with Crippen LogP contribution in [0.3, 0.4) is 0 Å². The maximum absolute atomic E-state index is 12.9. The normalized spacial score (nSPS) is 18.1. The molecule has 2 saturated heterocycles. The summed E-state index contributed by atoms with van der Waals surface area (Å²) >= 11 is 4.65. The summed E-state index contributed by atoms with van der Waals surface area (Å²) in [6, 6.07) is 2.38. The van der Waals surface area contributed by atoms with Crippen molar-refractivity contribution in [3.05, 3.63) is 44.6 Å². The van der Waals surface area contributed by atoms with Crippen LogP contribution >= 0.6 is 27.3 Å². The molecule has 174 valence electrons. The summed E-state index contributed by atoms with van der Waals surface area (Å²) in [6.45, 7) is 3.66. The van der Waals surface area contributed by atoms with Gasteiger partial charge in [0, 0.05) is 62.3 Å². The summed E-state index contributed by atoms with van der Waals surface area (Å²) in [7, 11) is 0. The van der Waals surface area contributed by atoms with Gasteiger partial charge in [-0.05, 0) is 28.1 Å². The molecule has 13 heteroatoms. The van der Waals surface area contributed by atoms with Crippen molar-refractivity contribution >= 4 is 50.1 Å². The Morgan fingerprint density at radius 1 is 1.09 bits per heavy atom. The van der Waals surface area contributed by atoms with Crippen molar-refractivity contribution in [2.45, 2.75) is 12.2 Å². The van der Waals surface area contributed by atoms with Gasteiger partial charge in [-0.3, -0.25) is 14.5 Å². The quantitative estimate of drug-likeness (QED) is 0.549. The number of likely N-dealkylation sites (tertiary alicyclic amines) is 1. The number of hydrogen-bond donors (Lipinski definition) is 1. The Hall–Kier alpha value is -2.51. The Morgan fingerprint density at radius 3 is 2.45 bits per heavy atom. The molecule has 0 radical (unpaired) electrons. The molecule has 0 atom stereocenters. The third-order valence-corrected chi connectivity index (χ3v) is 7.57. The molecule has 5 heterocycles. The van der Waals surface area contributed by atoms with Crippen LogP contribution in [0.1, 0.15) is 26.0 Å². The SMILES string of the molecule is O=C(c1nccs1)N1CCN(C2CN(C(=O)c3[nH]c4nc(C(F)(F)F)ccc4c3Br)C2)CC1. The second-order valence-electron chi connectivity index (χ2n) is 7.93. The van der Waals surface area contributed by atoms with Gasteiger partial charge < -0.3 is 14.8 Å². The topological polar surface area (TPSA) is 85.4 Å². The fraction of sp³-hybridized carbons (Fsp3) is 0.400. The van der Waals surface area contributed by atoms with Crippen LogP contribution in [-0.2, 0) is 6.18 Å². The Kier molecular flexibility index (Phi) is 5.65. The molecular weight excluding hydrogens is 525 g/mol. The van der Waals surface area contributed by atoms with Crippen LogP contribution in [0.5, 0.6) is 0 Å². The Bertz CT molecular complexity index is 1200. The van der Waals surface area contributed by atoms with Crippen molar-refractivity contribution in [3.8, 4) is 0 Å². The largest absolute Gasteiger partial charge is 0.433 e. The Labute approximate surface area is 198 Å². The lowest BCUT2D eigenvalue weighted by Gasteiger charge is -2.47. The van der Waals surface area contributed by atoms with Crippen LogP contribution in [0.4, 0.5) is 13.2 Å². The highest BCUT2D eigenvalue weighted by Crippen LogP contribution is 2.33. The van der Waals surface area contributed by atoms with Gasteiger partial charge >= 0.3 is 6.18 Å². The predicted molar refractivity (Wildman–Crippen MR) is 118 cm³/mol. The van der Waals surface area contributed by atoms with Crippen LogP contribution in [0.25, 0.3) is 11.0 Å². The fourth-order valence-corrected chi connectivity index (χ4v) is 5.30. The summed E-state index contributed by atoms with van der Waals surface area (Å²) in [5.41, 5.74) is -0.813. The highest BCUT2D eigenvalue weighted by Gasteiger charge is 2.39. The molecule has 3 aromatic heterocycles. The number of halogens is 4. The molecule has 0 bridgehead atoms. The average Bonchev–Trinajstić information content (AvgIpc) is 3.40. The predicted octanol–water partition coefficient (Wildman–Crippen LogP) is 3.08. The molecule has 2 aliphatic heterocycles. The second kappa shape index (κ2) is 8.37. The van der Waals surface area contributed by atoms with Gasteiger partial charge in [0.1, 0.15) is 17.0 Å². The van der Waals surface area contributed by atoms with E-state index in [1.807, 2.05) is 0 Å². The van der Waals surface area contributed by atoms with Gasteiger partial charge in [0.2, 0.25) is 0 Å². The van der Waals surface area contributed by atoms with E-state index in [4.69, 9.17) is 0 Å². The van der Waals surface area contributed by atoms with Crippen LogP contribution in [0.2, 0.25) is 0 Å². The highest BCUT2D eigenvalue weighted by atomic mass is 79.9. The first-order chi connectivity index (χ1) is 15.7. The molecule has 0 aliphatic carbocycles. The number of carbonyl (C=O) groups excluding carboxylic acids is 2. The molecule has 2 amide bonds. The standard InChI is InChI=1S/C20H18BrF3N6O2S/c21-14-12-1-2-13(20(22,23)24)26-16(12)27-15(14)18(31)30-9-11(10-30)28-4-6-29(7-5-28)19(32)17-25-3-8-33-17/h1-3,8,11H,4-7,9-10H2,(H,26,27). The summed E-state index contributed by atoms with van der Waals surface area (Å²) in [5, 5.41) is 2.69. The summed E-state index contributed by atoms with van der Waals surface area (Å²) < 4.78 is 39.2. The number of nitrogens with one attached hydrogen (secondary N) is 1. The van der Waals surface area contributed by atoms with Gasteiger partial charge in [-0.1, -0.05) is 0 Å². The van der Waals surface area contributed by atoms with Crippen molar-refractivity contribution in [2.75, 3.05) is 39.3 Å². The number of hydrogen-bond acceptors (Lipinski definition) is 6. The van der Waals surface area contributed by atoms with Crippen LogP contribution in [-0.4, -0.2) is 86.8 Å². The first-order valence-corrected chi connectivity index (χ1v) is 11.9. The third-order valence-electron chi connectivity index (χ3n) is 5.98. The second-order valence-corrected chi connectivity index (χ2v) is 9.62. The van der Waals surface area contributed by atoms with Crippen molar-refractivity contribution in [1.82, 2.24) is 29.7 Å². The van der Waals surface area contributed by atoms with Crippen molar-refractivity contribution in [1.29, 1.82) is 0 Å². The van der Waals surface area contributed by atoms with Gasteiger partial charge in [0.05, 0.1) is 4.47 Å². The summed E-state index contributed by atoms with van der Waals surface area (Å²) in [4.78, 5) is 41.5. The van der Waals surface area contributed by atoms with Crippen molar-refractivity contribution in [3.63, 3.8) is 0 Å². The highest BCUT2D eigenvalue weighted by molar-refractivity contribution is 9.10. The number of piperazine rings is 1. The van der Waals surface area contributed by atoms with Gasteiger partial charge in [-0.25, -0.2) is 9.97 Å². The van der Waals surface area contributed by atoms with Crippen LogP contribution in [0.15, 0.2) is 28.2 Å². The lowest BCUT2D eigenvalue weighted by atomic mass is 10.1. The molecule has 0 unspecified atom stereocenters. The number of H-pyrrole nitrogens is 1. The number of thiazole rings is 1. The number of aromatic amines is 1. The van der Waals surface area contributed by atoms with Crippen LogP contribution < -0.4 is 0 Å². The lowest BCUT2D eigenvalue weighted by Crippen LogP contribution is -2.64. The fourth-order valence-electron chi connectivity index (χ4n) is 4.11. The van der Waals surface area contributed by atoms with E-state index in [1.165, 1.54) is 17.4 Å². The van der Waals surface area contributed by atoms with E-state index < -0.39 is 11.9 Å². The zero-order valence-corrected chi connectivity index (χ0v) is 19.5. The minimum absolute atomic E-state index is 0.0122. The van der Waals surface area contributed by atoms with Crippen molar-refractivity contribution < 1.29 is 22.8 Å². The molecule has 0 spiro atoms. The third kappa shape index (κ3) is 4.13. The number of alkyl halides is 3. The average molecular weight is 543 g/mol. The van der Waals surface area contributed by atoms with Gasteiger partial charge in [0.25, 0.3) is 11.8 Å². The molecule has 5 rings (SSSR count). The Morgan fingerprint density at radius 2 is 1.82 bits per heavy atom. The van der Waals surface area contributed by atoms with Gasteiger partial charge in [0.15, 0.2) is 5.01 Å². The molecule has 0 saturated carbocycles. The molecule has 1 N–H and O–H groups in total. The van der Waals surface area contributed by atoms with Gasteiger partial charge in [-0.15, -0.1) is 11.3 Å². The number of fused-ring (bicyclic) bond motifs is 1. The first-order valence-electron chi connectivity index (χ1n) is 10.2. The number of pyridine rings is 1. The maximum Gasteiger partial charge on any atom is 0.433 e. The lowest BCUT2D eigenvalue weighted by molar-refractivity contribution is -0.141. The molecule has 0 aromatic carbocycles. The zero-order valence-electron chi connectivity index (χ0n) is 17.1. The summed E-state index contributed by atoms with van der Waals surface area (Å²) in [6.07, 6.45) is -2.94. The minimum Gasteiger partial charge on any atom is -0.334 e. The maximum atomic E-state index is 12.9. The van der Waals surface area contributed by atoms with E-state index in [0.717, 1.165) is 6.07 Å². The van der Waals surface area contributed by atoms with E-state index in [0.29, 0.717) is 54.1 Å². The van der Waals surface area contributed by atoms with Gasteiger partial charge in [-0.2, -0.15) is 13.2 Å². The summed E-state index contributed by atoms with van der Waals surface area (Å²) in [5.74, 6) is -0.344. The number of carbonyl (C=O) groups is 2. The van der Waals surface area contributed by atoms with E-state index >= 15 is 0 Å². The molecular formula is C20H18BrF3N6O2S. The van der Waals surface area contributed by atoms with E-state index in [-0.39, 0.29) is 29.2 Å². The number of amides is 2. The molecule has 33 heavy (non-hydrogen) atoms. The Balaban J connectivity index is 1.19. The number of nitrogens with zero attached hydrogens (tertiary/aromatic N) is 5. The number of aromatic nitrogens is 3. The molecule has 2 fully saturated rings. The monoisotopic (exact) mass is 542 g/mol. The van der Waals surface area contributed by atoms with E-state index in [1.54, 1.807) is 21.4 Å². The molecule has 2 aliphatic rings. The molecule has 8 nitrogen and oxygen atoms in total. The van der Waals surface area contributed by atoms with E-state index in [2.05, 4.69) is 35.8 Å². The zero-order chi connectivity index (χ0) is 23.3. The number of rotatable bonds is 3. The van der Waals surface area contributed by atoms with Crippen molar-refractivity contribution in [2.24, 2.45) is 0 Å². The van der Waals surface area contributed by atoms with Crippen LogP contribution in [0, 0.1) is 0 Å². The minimum atomic E-state index is -4.56. The first kappa shape index (κ1) is 22.3.